The molecule has 1 N–H and O–H groups in total. The molecule has 0 aromatic heterocycles. The first-order valence-corrected chi connectivity index (χ1v) is 8.24. The van der Waals surface area contributed by atoms with Crippen molar-refractivity contribution in [3.63, 3.8) is 0 Å². The van der Waals surface area contributed by atoms with Crippen molar-refractivity contribution >= 4 is 29.2 Å². The smallest absolute Gasteiger partial charge is 0.355 e. The van der Waals surface area contributed by atoms with Crippen molar-refractivity contribution in [2.45, 2.75) is 20.8 Å². The number of carbonyl (C=O) groups excluding carboxylic acids is 3. The fraction of sp³-hybridized carbons (Fsp3) is 0.250. The molecular formula is C20H22N2O5. The molecule has 0 fully saturated rings. The van der Waals surface area contributed by atoms with Crippen LogP contribution in [0.25, 0.3) is 0 Å². The molecule has 2 rings (SSSR count). The number of anilines is 2. The highest BCUT2D eigenvalue weighted by Crippen LogP contribution is 2.34. The Morgan fingerprint density at radius 3 is 2.26 bits per heavy atom. The van der Waals surface area contributed by atoms with Crippen molar-refractivity contribution in [1.82, 2.24) is 0 Å². The first-order valence-electron chi connectivity index (χ1n) is 8.24. The summed E-state index contributed by atoms with van der Waals surface area (Å²) in [5.74, 6) is -1.55. The van der Waals surface area contributed by atoms with E-state index in [4.69, 9.17) is 9.47 Å². The van der Waals surface area contributed by atoms with Crippen LogP contribution >= 0.6 is 0 Å². The van der Waals surface area contributed by atoms with Crippen molar-refractivity contribution in [3.8, 4) is 0 Å². The van der Waals surface area contributed by atoms with Crippen molar-refractivity contribution < 1.29 is 23.9 Å². The van der Waals surface area contributed by atoms with Gasteiger partial charge in [0, 0.05) is 18.8 Å². The molecule has 0 saturated carbocycles. The Balaban J connectivity index is 2.73. The molecule has 0 unspecified atom stereocenters. The number of rotatable bonds is 4. The number of nitrogens with zero attached hydrogens (tertiary/aromatic N) is 1. The van der Waals surface area contributed by atoms with Gasteiger partial charge in [0.15, 0.2) is 0 Å². The number of benzene rings is 1. The molecular weight excluding hydrogens is 348 g/mol. The summed E-state index contributed by atoms with van der Waals surface area (Å²) in [6.07, 6.45) is 6.46. The Bertz CT molecular complexity index is 881. The van der Waals surface area contributed by atoms with Crippen LogP contribution in [0.2, 0.25) is 0 Å². The summed E-state index contributed by atoms with van der Waals surface area (Å²) < 4.78 is 9.71. The standard InChI is InChI=1S/C20H22N2O5/c1-12-9-10-16(13(2)17(12)21-14(3)23)22-11-7-6-8-15(19(24)26-4)18(22)20(25)27-5/h6-11H,1-5H3,(H,21,23). The van der Waals surface area contributed by atoms with Crippen LogP contribution in [0.15, 0.2) is 47.8 Å². The minimum Gasteiger partial charge on any atom is -0.465 e. The van der Waals surface area contributed by atoms with E-state index in [2.05, 4.69) is 5.32 Å². The van der Waals surface area contributed by atoms with Gasteiger partial charge in [-0.2, -0.15) is 0 Å². The molecule has 27 heavy (non-hydrogen) atoms. The van der Waals surface area contributed by atoms with Crippen LogP contribution < -0.4 is 10.2 Å². The highest BCUT2D eigenvalue weighted by atomic mass is 16.5. The molecule has 1 aliphatic heterocycles. The average Bonchev–Trinajstić information content (AvgIpc) is 2.86. The number of esters is 2. The van der Waals surface area contributed by atoms with Crippen LogP contribution in [-0.2, 0) is 23.9 Å². The molecule has 7 nitrogen and oxygen atoms in total. The Hall–Kier alpha value is -3.35. The second kappa shape index (κ2) is 8.35. The van der Waals surface area contributed by atoms with E-state index >= 15 is 0 Å². The third-order valence-electron chi connectivity index (χ3n) is 4.09. The molecule has 1 aliphatic rings. The minimum atomic E-state index is -0.687. The van der Waals surface area contributed by atoms with Gasteiger partial charge in [-0.25, -0.2) is 9.59 Å². The maximum atomic E-state index is 12.5. The van der Waals surface area contributed by atoms with Gasteiger partial charge in [-0.05, 0) is 43.2 Å². The van der Waals surface area contributed by atoms with E-state index in [1.54, 1.807) is 23.3 Å². The van der Waals surface area contributed by atoms with Crippen molar-refractivity contribution in [1.29, 1.82) is 0 Å². The lowest BCUT2D eigenvalue weighted by Gasteiger charge is -2.26. The van der Waals surface area contributed by atoms with Crippen LogP contribution in [0.3, 0.4) is 0 Å². The summed E-state index contributed by atoms with van der Waals surface area (Å²) >= 11 is 0. The molecule has 1 aromatic rings. The number of allylic oxidation sites excluding steroid dienone is 2. The normalized spacial score (nSPS) is 13.3. The molecule has 1 heterocycles. The number of aryl methyl sites for hydroxylation is 1. The molecule has 0 saturated heterocycles. The molecule has 142 valence electrons. The molecule has 0 aliphatic carbocycles. The summed E-state index contributed by atoms with van der Waals surface area (Å²) in [7, 11) is 2.48. The van der Waals surface area contributed by atoms with E-state index in [0.29, 0.717) is 11.4 Å². The topological polar surface area (TPSA) is 84.9 Å². The number of methoxy groups -OCH3 is 2. The van der Waals surface area contributed by atoms with Crippen LogP contribution in [0.5, 0.6) is 0 Å². The highest BCUT2D eigenvalue weighted by Gasteiger charge is 2.28. The minimum absolute atomic E-state index is 0.0232. The van der Waals surface area contributed by atoms with Gasteiger partial charge in [0.1, 0.15) is 5.70 Å². The number of ether oxygens (including phenoxy) is 2. The summed E-state index contributed by atoms with van der Waals surface area (Å²) in [6, 6.07) is 3.63. The Morgan fingerprint density at radius 1 is 1.00 bits per heavy atom. The van der Waals surface area contributed by atoms with Gasteiger partial charge >= 0.3 is 11.9 Å². The summed E-state index contributed by atoms with van der Waals surface area (Å²) in [6.45, 7) is 5.13. The molecule has 0 atom stereocenters. The first-order chi connectivity index (χ1) is 12.8. The van der Waals surface area contributed by atoms with Gasteiger partial charge in [0.2, 0.25) is 5.91 Å². The van der Waals surface area contributed by atoms with E-state index in [0.717, 1.165) is 11.1 Å². The van der Waals surface area contributed by atoms with Crippen LogP contribution in [0, 0.1) is 13.8 Å². The van der Waals surface area contributed by atoms with E-state index < -0.39 is 11.9 Å². The maximum Gasteiger partial charge on any atom is 0.355 e. The zero-order chi connectivity index (χ0) is 20.1. The molecule has 0 bridgehead atoms. The third kappa shape index (κ3) is 4.08. The molecule has 0 spiro atoms. The van der Waals surface area contributed by atoms with E-state index in [9.17, 15) is 14.4 Å². The largest absolute Gasteiger partial charge is 0.465 e. The Labute approximate surface area is 157 Å². The maximum absolute atomic E-state index is 12.5. The van der Waals surface area contributed by atoms with E-state index in [-0.39, 0.29) is 17.2 Å². The van der Waals surface area contributed by atoms with E-state index in [1.807, 2.05) is 26.0 Å². The van der Waals surface area contributed by atoms with Crippen LogP contribution in [0.4, 0.5) is 11.4 Å². The molecule has 1 amide bonds. The van der Waals surface area contributed by atoms with Crippen LogP contribution in [0.1, 0.15) is 18.1 Å². The zero-order valence-electron chi connectivity index (χ0n) is 16.0. The third-order valence-corrected chi connectivity index (χ3v) is 4.09. The van der Waals surface area contributed by atoms with Crippen molar-refractivity contribution in [2.24, 2.45) is 0 Å². The number of amides is 1. The summed E-state index contributed by atoms with van der Waals surface area (Å²) in [4.78, 5) is 37.9. The molecule has 7 heteroatoms. The molecule has 0 radical (unpaired) electrons. The lowest BCUT2D eigenvalue weighted by Crippen LogP contribution is -2.27. The Kier molecular flexibility index (Phi) is 6.18. The predicted octanol–water partition coefficient (Wildman–Crippen LogP) is 2.75. The number of carbonyl (C=O) groups is 3. The summed E-state index contributed by atoms with van der Waals surface area (Å²) in [5.41, 5.74) is 2.97. The zero-order valence-corrected chi connectivity index (χ0v) is 16.0. The van der Waals surface area contributed by atoms with Gasteiger partial charge in [-0.15, -0.1) is 0 Å². The first kappa shape index (κ1) is 20.0. The average molecular weight is 370 g/mol. The Morgan fingerprint density at radius 2 is 1.67 bits per heavy atom. The van der Waals surface area contributed by atoms with Gasteiger partial charge in [-0.3, -0.25) is 4.79 Å². The summed E-state index contributed by atoms with van der Waals surface area (Å²) in [5, 5.41) is 2.81. The van der Waals surface area contributed by atoms with Gasteiger partial charge in [0.05, 0.1) is 25.5 Å². The lowest BCUT2D eigenvalue weighted by atomic mass is 10.0. The van der Waals surface area contributed by atoms with Crippen LogP contribution in [-0.4, -0.2) is 32.1 Å². The second-order valence-electron chi connectivity index (χ2n) is 5.90. The van der Waals surface area contributed by atoms with E-state index in [1.165, 1.54) is 27.2 Å². The second-order valence-corrected chi connectivity index (χ2v) is 5.90. The number of hydrogen-bond donors (Lipinski definition) is 1. The van der Waals surface area contributed by atoms with Crippen molar-refractivity contribution in [2.75, 3.05) is 24.4 Å². The van der Waals surface area contributed by atoms with Crippen molar-refractivity contribution in [3.05, 3.63) is 59.0 Å². The SMILES string of the molecule is COC(=O)C1=C(C(=O)OC)N(c2ccc(C)c(NC(C)=O)c2C)C=CC=C1. The van der Waals surface area contributed by atoms with Gasteiger partial charge < -0.3 is 19.7 Å². The molecule has 1 aromatic carbocycles. The fourth-order valence-corrected chi connectivity index (χ4v) is 2.82. The van der Waals surface area contributed by atoms with Gasteiger partial charge in [-0.1, -0.05) is 12.1 Å². The van der Waals surface area contributed by atoms with Gasteiger partial charge in [0.25, 0.3) is 0 Å². The number of nitrogens with one attached hydrogen (secondary N) is 1. The monoisotopic (exact) mass is 370 g/mol. The lowest BCUT2D eigenvalue weighted by molar-refractivity contribution is -0.139. The quantitative estimate of drug-likeness (QED) is 0.821. The highest BCUT2D eigenvalue weighted by molar-refractivity contribution is 6.06. The fourth-order valence-electron chi connectivity index (χ4n) is 2.82. The predicted molar refractivity (Wildman–Crippen MR) is 102 cm³/mol. The number of hydrogen-bond acceptors (Lipinski definition) is 6.